The second kappa shape index (κ2) is 9.96. The first-order chi connectivity index (χ1) is 13.4. The number of carbonyl (C=O) groups is 3. The van der Waals surface area contributed by atoms with E-state index in [1.165, 1.54) is 0 Å². The van der Waals surface area contributed by atoms with Crippen LogP contribution in [0.1, 0.15) is 18.1 Å². The average molecular weight is 384 g/mol. The minimum absolute atomic E-state index is 0.300. The molecule has 0 aliphatic rings. The number of urea groups is 1. The van der Waals surface area contributed by atoms with Crippen LogP contribution in [0.25, 0.3) is 0 Å². The highest BCUT2D eigenvalue weighted by atomic mass is 16.5. The van der Waals surface area contributed by atoms with Crippen LogP contribution in [0.4, 0.5) is 10.5 Å². The lowest BCUT2D eigenvalue weighted by Crippen LogP contribution is -2.50. The predicted molar refractivity (Wildman–Crippen MR) is 106 cm³/mol. The van der Waals surface area contributed by atoms with Crippen molar-refractivity contribution < 1.29 is 19.1 Å². The van der Waals surface area contributed by atoms with Crippen molar-refractivity contribution in [3.8, 4) is 5.75 Å². The second-order valence-corrected chi connectivity index (χ2v) is 6.17. The first-order valence-electron chi connectivity index (χ1n) is 8.78. The zero-order valence-electron chi connectivity index (χ0n) is 16.0. The third kappa shape index (κ3) is 6.31. The number of amides is 4. The highest BCUT2D eigenvalue weighted by Crippen LogP contribution is 2.21. The Hall–Kier alpha value is -3.55. The number of hydrogen-bond acceptors (Lipinski definition) is 4. The number of rotatable bonds is 6. The molecule has 0 aromatic heterocycles. The van der Waals surface area contributed by atoms with Gasteiger partial charge in [0.05, 0.1) is 0 Å². The first-order valence-corrected chi connectivity index (χ1v) is 8.78. The lowest BCUT2D eigenvalue weighted by molar-refractivity contribution is -0.132. The zero-order valence-corrected chi connectivity index (χ0v) is 16.0. The van der Waals surface area contributed by atoms with Crippen LogP contribution >= 0.6 is 0 Å². The van der Waals surface area contributed by atoms with Gasteiger partial charge in [-0.1, -0.05) is 30.3 Å². The van der Waals surface area contributed by atoms with Crippen LogP contribution in [0.3, 0.4) is 0 Å². The summed E-state index contributed by atoms with van der Waals surface area (Å²) in [5, 5.41) is 4.97. The van der Waals surface area contributed by atoms with Gasteiger partial charge in [-0.3, -0.25) is 20.4 Å². The Morgan fingerprint density at radius 1 is 0.964 bits per heavy atom. The molecule has 28 heavy (non-hydrogen) atoms. The molecule has 8 heteroatoms. The number of hydrazine groups is 1. The normalized spacial score (nSPS) is 11.1. The first kappa shape index (κ1) is 20.8. The van der Waals surface area contributed by atoms with Gasteiger partial charge in [0.1, 0.15) is 12.3 Å². The zero-order chi connectivity index (χ0) is 20.5. The van der Waals surface area contributed by atoms with E-state index in [2.05, 4.69) is 21.5 Å². The van der Waals surface area contributed by atoms with Crippen molar-refractivity contribution in [1.82, 2.24) is 16.2 Å². The van der Waals surface area contributed by atoms with Gasteiger partial charge in [0, 0.05) is 5.69 Å². The van der Waals surface area contributed by atoms with E-state index < -0.39 is 23.9 Å². The minimum atomic E-state index is -0.810. The average Bonchev–Trinajstić information content (AvgIpc) is 2.68. The van der Waals surface area contributed by atoms with E-state index in [9.17, 15) is 14.4 Å². The Kier molecular flexibility index (Phi) is 7.38. The lowest BCUT2D eigenvalue weighted by Gasteiger charge is -2.17. The number of para-hydroxylation sites is 1. The van der Waals surface area contributed by atoms with E-state index in [1.807, 2.05) is 32.0 Å². The fourth-order valence-corrected chi connectivity index (χ4v) is 2.23. The van der Waals surface area contributed by atoms with Crippen LogP contribution in [-0.4, -0.2) is 30.5 Å². The summed E-state index contributed by atoms with van der Waals surface area (Å²) in [6, 6.07) is 13.9. The molecule has 0 radical (unpaired) electrons. The van der Waals surface area contributed by atoms with E-state index >= 15 is 0 Å². The molecule has 2 aromatic rings. The van der Waals surface area contributed by atoms with E-state index in [0.717, 1.165) is 11.1 Å². The molecular formula is C20H24N4O4. The summed E-state index contributed by atoms with van der Waals surface area (Å²) in [4.78, 5) is 35.6. The molecule has 1 unspecified atom stereocenters. The van der Waals surface area contributed by atoms with Crippen molar-refractivity contribution in [3.63, 3.8) is 0 Å². The van der Waals surface area contributed by atoms with Gasteiger partial charge in [-0.15, -0.1) is 0 Å². The molecule has 1 atom stereocenters. The highest BCUT2D eigenvalue weighted by Gasteiger charge is 2.17. The molecule has 148 valence electrons. The van der Waals surface area contributed by atoms with Crippen molar-refractivity contribution in [2.75, 3.05) is 11.9 Å². The van der Waals surface area contributed by atoms with E-state index in [1.54, 1.807) is 37.3 Å². The van der Waals surface area contributed by atoms with Gasteiger partial charge in [-0.05, 0) is 50.1 Å². The topological polar surface area (TPSA) is 109 Å². The third-order valence-electron chi connectivity index (χ3n) is 3.99. The van der Waals surface area contributed by atoms with Gasteiger partial charge < -0.3 is 15.4 Å². The Morgan fingerprint density at radius 2 is 1.68 bits per heavy atom. The highest BCUT2D eigenvalue weighted by molar-refractivity contribution is 5.92. The molecule has 0 bridgehead atoms. The summed E-state index contributed by atoms with van der Waals surface area (Å²) in [5.41, 5.74) is 7.11. The van der Waals surface area contributed by atoms with Crippen LogP contribution in [0.5, 0.6) is 5.75 Å². The summed E-state index contributed by atoms with van der Waals surface area (Å²) in [5.74, 6) is -0.480. The number of hydrogen-bond donors (Lipinski definition) is 4. The summed E-state index contributed by atoms with van der Waals surface area (Å²) in [6.45, 7) is 5.14. The molecule has 4 amide bonds. The lowest BCUT2D eigenvalue weighted by atomic mass is 10.1. The fraction of sp³-hybridized carbons (Fsp3) is 0.250. The molecule has 0 heterocycles. The standard InChI is InChI=1S/C20H24N4O4/c1-13-8-7-11-17(14(13)2)28-15(3)19(26)24-23-18(25)12-21-20(27)22-16-9-5-4-6-10-16/h4-11,15H,12H2,1-3H3,(H,23,25)(H,24,26)(H2,21,22,27). The number of benzene rings is 2. The van der Waals surface area contributed by atoms with Crippen LogP contribution in [-0.2, 0) is 9.59 Å². The molecule has 2 aromatic carbocycles. The fourth-order valence-electron chi connectivity index (χ4n) is 2.23. The van der Waals surface area contributed by atoms with Crippen molar-refractivity contribution in [1.29, 1.82) is 0 Å². The molecule has 2 rings (SSSR count). The Balaban J connectivity index is 1.72. The monoisotopic (exact) mass is 384 g/mol. The summed E-state index contributed by atoms with van der Waals surface area (Å²) in [6.07, 6.45) is -0.810. The molecule has 0 fully saturated rings. The van der Waals surface area contributed by atoms with Crippen molar-refractivity contribution in [2.24, 2.45) is 0 Å². The number of aryl methyl sites for hydroxylation is 1. The van der Waals surface area contributed by atoms with Crippen LogP contribution in [0.2, 0.25) is 0 Å². The number of ether oxygens (including phenoxy) is 1. The largest absolute Gasteiger partial charge is 0.481 e. The van der Waals surface area contributed by atoms with Gasteiger partial charge >= 0.3 is 6.03 Å². The second-order valence-electron chi connectivity index (χ2n) is 6.17. The van der Waals surface area contributed by atoms with Gasteiger partial charge in [-0.2, -0.15) is 0 Å². The molecular weight excluding hydrogens is 360 g/mol. The summed E-state index contributed by atoms with van der Waals surface area (Å²) in [7, 11) is 0. The van der Waals surface area contributed by atoms with E-state index in [4.69, 9.17) is 4.74 Å². The Bertz CT molecular complexity index is 839. The number of anilines is 1. The van der Waals surface area contributed by atoms with Gasteiger partial charge in [0.25, 0.3) is 11.8 Å². The molecule has 0 aliphatic carbocycles. The Labute approximate surface area is 163 Å². The minimum Gasteiger partial charge on any atom is -0.481 e. The van der Waals surface area contributed by atoms with Gasteiger partial charge in [0.2, 0.25) is 0 Å². The molecule has 0 saturated carbocycles. The van der Waals surface area contributed by atoms with Crippen LogP contribution in [0, 0.1) is 13.8 Å². The number of carbonyl (C=O) groups excluding carboxylic acids is 3. The quantitative estimate of drug-likeness (QED) is 0.572. The molecule has 4 N–H and O–H groups in total. The maximum absolute atomic E-state index is 12.1. The van der Waals surface area contributed by atoms with Crippen LogP contribution in [0.15, 0.2) is 48.5 Å². The van der Waals surface area contributed by atoms with Crippen molar-refractivity contribution in [2.45, 2.75) is 26.9 Å². The van der Waals surface area contributed by atoms with Crippen molar-refractivity contribution >= 4 is 23.5 Å². The predicted octanol–water partition coefficient (Wildman–Crippen LogP) is 2.04. The molecule has 0 spiro atoms. The SMILES string of the molecule is Cc1cccc(OC(C)C(=O)NNC(=O)CNC(=O)Nc2ccccc2)c1C. The number of nitrogens with one attached hydrogen (secondary N) is 4. The third-order valence-corrected chi connectivity index (χ3v) is 3.99. The maximum atomic E-state index is 12.1. The van der Waals surface area contributed by atoms with Crippen molar-refractivity contribution in [3.05, 3.63) is 59.7 Å². The Morgan fingerprint density at radius 3 is 2.39 bits per heavy atom. The molecule has 8 nitrogen and oxygen atoms in total. The van der Waals surface area contributed by atoms with Crippen LogP contribution < -0.4 is 26.2 Å². The van der Waals surface area contributed by atoms with E-state index in [-0.39, 0.29) is 6.54 Å². The molecule has 0 aliphatic heterocycles. The smallest absolute Gasteiger partial charge is 0.319 e. The summed E-state index contributed by atoms with van der Waals surface area (Å²) < 4.78 is 5.64. The van der Waals surface area contributed by atoms with E-state index in [0.29, 0.717) is 11.4 Å². The van der Waals surface area contributed by atoms with Gasteiger partial charge in [-0.25, -0.2) is 4.79 Å². The molecule has 0 saturated heterocycles. The van der Waals surface area contributed by atoms with Gasteiger partial charge in [0.15, 0.2) is 6.10 Å². The maximum Gasteiger partial charge on any atom is 0.319 e. The summed E-state index contributed by atoms with van der Waals surface area (Å²) >= 11 is 0.